The second kappa shape index (κ2) is 6.26. The van der Waals surface area contributed by atoms with E-state index in [1.165, 1.54) is 7.11 Å². The fraction of sp³-hybridized carbons (Fsp3) is 0.111. The van der Waals surface area contributed by atoms with Gasteiger partial charge in [-0.2, -0.15) is 5.10 Å². The van der Waals surface area contributed by atoms with Crippen LogP contribution in [-0.4, -0.2) is 23.3 Å². The Hall–Kier alpha value is -2.88. The zero-order chi connectivity index (χ0) is 15.4. The molecule has 3 rings (SSSR count). The van der Waals surface area contributed by atoms with Gasteiger partial charge in [-0.1, -0.05) is 60.7 Å². The first-order valence-electron chi connectivity index (χ1n) is 7.04. The van der Waals surface area contributed by atoms with Gasteiger partial charge in [0, 0.05) is 12.0 Å². The quantitative estimate of drug-likeness (QED) is 0.749. The number of hydrogen-bond donors (Lipinski definition) is 1. The number of nitrogens with one attached hydrogen (secondary N) is 1. The van der Waals surface area contributed by atoms with Gasteiger partial charge in [0.1, 0.15) is 11.3 Å². The number of nitrogens with zero attached hydrogens (tertiary/aromatic N) is 1. The first-order chi connectivity index (χ1) is 10.8. The Morgan fingerprint density at radius 2 is 1.68 bits per heavy atom. The third-order valence-corrected chi connectivity index (χ3v) is 3.50. The Morgan fingerprint density at radius 1 is 1.05 bits per heavy atom. The lowest BCUT2D eigenvalue weighted by Gasteiger charge is -2.04. The average molecular weight is 292 g/mol. The number of ether oxygens (including phenoxy) is 1. The maximum absolute atomic E-state index is 12.2. The number of carbonyl (C=O) groups is 1. The first-order valence-corrected chi connectivity index (χ1v) is 7.04. The molecule has 1 aromatic heterocycles. The largest absolute Gasteiger partial charge is 0.465 e. The molecule has 0 aliphatic rings. The molecule has 2 aromatic carbocycles. The molecule has 0 spiro atoms. The fourth-order valence-corrected chi connectivity index (χ4v) is 2.43. The zero-order valence-corrected chi connectivity index (χ0v) is 12.2. The molecule has 4 heteroatoms. The summed E-state index contributed by atoms with van der Waals surface area (Å²) in [5, 5.41) is 7.31. The van der Waals surface area contributed by atoms with Gasteiger partial charge >= 0.3 is 5.97 Å². The van der Waals surface area contributed by atoms with Gasteiger partial charge in [0.05, 0.1) is 12.8 Å². The van der Waals surface area contributed by atoms with Crippen molar-refractivity contribution in [3.05, 3.63) is 77.5 Å². The van der Waals surface area contributed by atoms with E-state index >= 15 is 0 Å². The van der Waals surface area contributed by atoms with Crippen LogP contribution in [-0.2, 0) is 11.2 Å². The molecule has 0 aliphatic heterocycles. The Balaban J connectivity index is 2.04. The number of rotatable bonds is 4. The molecule has 0 atom stereocenters. The van der Waals surface area contributed by atoms with Crippen molar-refractivity contribution in [3.63, 3.8) is 0 Å². The number of H-pyrrole nitrogens is 1. The highest BCUT2D eigenvalue weighted by Crippen LogP contribution is 2.25. The van der Waals surface area contributed by atoms with Crippen LogP contribution in [0.1, 0.15) is 21.6 Å². The summed E-state index contributed by atoms with van der Waals surface area (Å²) in [5.74, 6) is -0.376. The Kier molecular flexibility index (Phi) is 4.01. The minimum Gasteiger partial charge on any atom is -0.465 e. The molecule has 4 nitrogen and oxygen atoms in total. The van der Waals surface area contributed by atoms with Gasteiger partial charge in [0.15, 0.2) is 0 Å². The predicted octanol–water partition coefficient (Wildman–Crippen LogP) is 3.45. The van der Waals surface area contributed by atoms with Crippen molar-refractivity contribution in [2.75, 3.05) is 7.11 Å². The van der Waals surface area contributed by atoms with E-state index in [2.05, 4.69) is 10.2 Å². The fourth-order valence-electron chi connectivity index (χ4n) is 2.43. The van der Waals surface area contributed by atoms with Crippen molar-refractivity contribution in [2.45, 2.75) is 6.42 Å². The Labute approximate surface area is 128 Å². The summed E-state index contributed by atoms with van der Waals surface area (Å²) in [7, 11) is 1.39. The van der Waals surface area contributed by atoms with E-state index in [0.29, 0.717) is 17.7 Å². The smallest absolute Gasteiger partial charge is 0.342 e. The summed E-state index contributed by atoms with van der Waals surface area (Å²) in [5.41, 5.74) is 3.88. The van der Waals surface area contributed by atoms with Crippen LogP contribution in [0.4, 0.5) is 0 Å². The Bertz CT molecular complexity index is 764. The number of methoxy groups -OCH3 is 1. The Morgan fingerprint density at radius 3 is 2.32 bits per heavy atom. The number of carbonyl (C=O) groups excluding carboxylic acids is 1. The minimum atomic E-state index is -0.376. The molecule has 3 aromatic rings. The lowest BCUT2D eigenvalue weighted by molar-refractivity contribution is 0.0600. The number of aromatic amines is 1. The van der Waals surface area contributed by atoms with Crippen LogP contribution in [0, 0.1) is 0 Å². The van der Waals surface area contributed by atoms with Gasteiger partial charge in [0.2, 0.25) is 0 Å². The van der Waals surface area contributed by atoms with Gasteiger partial charge < -0.3 is 4.74 Å². The number of esters is 1. The first kappa shape index (κ1) is 14.1. The molecule has 0 radical (unpaired) electrons. The number of aromatic nitrogens is 2. The highest BCUT2D eigenvalue weighted by molar-refractivity contribution is 5.97. The van der Waals surface area contributed by atoms with Crippen molar-refractivity contribution in [3.8, 4) is 11.3 Å². The van der Waals surface area contributed by atoms with Crippen LogP contribution >= 0.6 is 0 Å². The lowest BCUT2D eigenvalue weighted by Crippen LogP contribution is -2.06. The molecule has 0 aliphatic carbocycles. The van der Waals surface area contributed by atoms with Crippen molar-refractivity contribution in [2.24, 2.45) is 0 Å². The summed E-state index contributed by atoms with van der Waals surface area (Å²) in [6.07, 6.45) is 0.602. The summed E-state index contributed by atoms with van der Waals surface area (Å²) >= 11 is 0. The average Bonchev–Trinajstić information content (AvgIpc) is 2.99. The molecule has 0 bridgehead atoms. The molecule has 0 amide bonds. The second-order valence-electron chi connectivity index (χ2n) is 4.95. The molecule has 0 saturated carbocycles. The van der Waals surface area contributed by atoms with Gasteiger partial charge in [-0.3, -0.25) is 5.10 Å². The maximum atomic E-state index is 12.2. The summed E-state index contributed by atoms with van der Waals surface area (Å²) in [6.45, 7) is 0. The molecule has 110 valence electrons. The van der Waals surface area contributed by atoms with Crippen molar-refractivity contribution in [1.82, 2.24) is 10.2 Å². The van der Waals surface area contributed by atoms with Crippen LogP contribution in [0.15, 0.2) is 60.7 Å². The van der Waals surface area contributed by atoms with Crippen LogP contribution in [0.25, 0.3) is 11.3 Å². The monoisotopic (exact) mass is 292 g/mol. The number of hydrogen-bond acceptors (Lipinski definition) is 3. The van der Waals surface area contributed by atoms with E-state index in [1.807, 2.05) is 60.7 Å². The third-order valence-electron chi connectivity index (χ3n) is 3.50. The third kappa shape index (κ3) is 2.76. The predicted molar refractivity (Wildman–Crippen MR) is 84.6 cm³/mol. The second-order valence-corrected chi connectivity index (χ2v) is 4.95. The standard InChI is InChI=1S/C18H16N2O2/c1-22-18(21)16-15(12-13-8-4-2-5-9-13)19-20-17(16)14-10-6-3-7-11-14/h2-11H,12H2,1H3,(H,19,20). The van der Waals surface area contributed by atoms with Crippen LogP contribution < -0.4 is 0 Å². The lowest BCUT2D eigenvalue weighted by atomic mass is 10.0. The molecule has 22 heavy (non-hydrogen) atoms. The van der Waals surface area contributed by atoms with Crippen molar-refractivity contribution >= 4 is 5.97 Å². The van der Waals surface area contributed by atoms with Crippen LogP contribution in [0.2, 0.25) is 0 Å². The van der Waals surface area contributed by atoms with Crippen molar-refractivity contribution in [1.29, 1.82) is 0 Å². The summed E-state index contributed by atoms with van der Waals surface area (Å²) in [4.78, 5) is 12.2. The molecular formula is C18H16N2O2. The zero-order valence-electron chi connectivity index (χ0n) is 12.2. The van der Waals surface area contributed by atoms with Gasteiger partial charge in [-0.25, -0.2) is 4.79 Å². The van der Waals surface area contributed by atoms with Crippen LogP contribution in [0.5, 0.6) is 0 Å². The molecular weight excluding hydrogens is 276 g/mol. The summed E-state index contributed by atoms with van der Waals surface area (Å²) in [6, 6.07) is 19.6. The highest BCUT2D eigenvalue weighted by Gasteiger charge is 2.22. The normalized spacial score (nSPS) is 10.4. The molecule has 1 heterocycles. The maximum Gasteiger partial charge on any atom is 0.342 e. The molecule has 0 saturated heterocycles. The van der Waals surface area contributed by atoms with E-state index < -0.39 is 0 Å². The van der Waals surface area contributed by atoms with E-state index in [4.69, 9.17) is 4.74 Å². The van der Waals surface area contributed by atoms with Gasteiger partial charge in [-0.15, -0.1) is 0 Å². The van der Waals surface area contributed by atoms with E-state index in [9.17, 15) is 4.79 Å². The molecule has 1 N–H and O–H groups in total. The highest BCUT2D eigenvalue weighted by atomic mass is 16.5. The van der Waals surface area contributed by atoms with E-state index in [1.54, 1.807) is 0 Å². The molecule has 0 unspecified atom stereocenters. The topological polar surface area (TPSA) is 55.0 Å². The van der Waals surface area contributed by atoms with Crippen molar-refractivity contribution < 1.29 is 9.53 Å². The minimum absolute atomic E-state index is 0.376. The molecule has 0 fully saturated rings. The van der Waals surface area contributed by atoms with Crippen LogP contribution in [0.3, 0.4) is 0 Å². The van der Waals surface area contributed by atoms with Gasteiger partial charge in [-0.05, 0) is 5.56 Å². The SMILES string of the molecule is COC(=O)c1c(-c2ccccc2)n[nH]c1Cc1ccccc1. The van der Waals surface area contributed by atoms with E-state index in [-0.39, 0.29) is 5.97 Å². The van der Waals surface area contributed by atoms with Gasteiger partial charge in [0.25, 0.3) is 0 Å². The summed E-state index contributed by atoms with van der Waals surface area (Å²) < 4.78 is 4.94. The van der Waals surface area contributed by atoms with E-state index in [0.717, 1.165) is 16.8 Å². The number of benzene rings is 2.